The normalized spacial score (nSPS) is 16.9. The summed E-state index contributed by atoms with van der Waals surface area (Å²) in [6.45, 7) is 5.99. The zero-order valence-corrected chi connectivity index (χ0v) is 9.36. The molecule has 1 aromatic carbocycles. The summed E-state index contributed by atoms with van der Waals surface area (Å²) in [4.78, 5) is 6.72. The van der Waals surface area contributed by atoms with Crippen LogP contribution in [0.1, 0.15) is 5.56 Å². The Hall–Kier alpha value is -1.55. The van der Waals surface area contributed by atoms with Crippen LogP contribution in [0.2, 0.25) is 0 Å². The standard InChI is InChI=1S/C12H15N3O/c1-9-2-3-11-10(8-9)14-12(16-11)15-6-4-13-5-7-15/h2-3,8,13H,4-7H2,1H3. The predicted molar refractivity (Wildman–Crippen MR) is 63.8 cm³/mol. The van der Waals surface area contributed by atoms with Gasteiger partial charge in [-0.05, 0) is 24.6 Å². The number of benzene rings is 1. The van der Waals surface area contributed by atoms with Crippen LogP contribution in [0.15, 0.2) is 22.6 Å². The van der Waals surface area contributed by atoms with Crippen molar-refractivity contribution in [2.75, 3.05) is 31.1 Å². The summed E-state index contributed by atoms with van der Waals surface area (Å²) in [7, 11) is 0. The van der Waals surface area contributed by atoms with Gasteiger partial charge in [-0.1, -0.05) is 6.07 Å². The number of anilines is 1. The van der Waals surface area contributed by atoms with Crippen molar-refractivity contribution in [3.8, 4) is 0 Å². The first-order valence-corrected chi connectivity index (χ1v) is 5.66. The van der Waals surface area contributed by atoms with Gasteiger partial charge in [-0.15, -0.1) is 0 Å². The lowest BCUT2D eigenvalue weighted by Gasteiger charge is -2.25. The molecule has 0 bridgehead atoms. The number of piperazine rings is 1. The minimum absolute atomic E-state index is 0.752. The topological polar surface area (TPSA) is 41.3 Å². The van der Waals surface area contributed by atoms with Crippen LogP contribution in [-0.2, 0) is 0 Å². The Balaban J connectivity index is 1.97. The second kappa shape index (κ2) is 3.79. The van der Waals surface area contributed by atoms with E-state index in [0.717, 1.165) is 43.3 Å². The van der Waals surface area contributed by atoms with Gasteiger partial charge in [-0.25, -0.2) is 0 Å². The van der Waals surface area contributed by atoms with Crippen LogP contribution in [0.3, 0.4) is 0 Å². The maximum atomic E-state index is 5.75. The Labute approximate surface area is 94.3 Å². The molecule has 1 saturated heterocycles. The quantitative estimate of drug-likeness (QED) is 0.786. The molecule has 1 aromatic heterocycles. The zero-order chi connectivity index (χ0) is 11.0. The predicted octanol–water partition coefficient (Wildman–Crippen LogP) is 1.55. The fraction of sp³-hybridized carbons (Fsp3) is 0.417. The maximum Gasteiger partial charge on any atom is 0.298 e. The third-order valence-corrected chi connectivity index (χ3v) is 2.92. The average molecular weight is 217 g/mol. The molecule has 16 heavy (non-hydrogen) atoms. The van der Waals surface area contributed by atoms with Crippen LogP contribution >= 0.6 is 0 Å². The van der Waals surface area contributed by atoms with E-state index in [9.17, 15) is 0 Å². The molecule has 0 aliphatic carbocycles. The molecule has 0 saturated carbocycles. The molecule has 4 heteroatoms. The third-order valence-electron chi connectivity index (χ3n) is 2.92. The maximum absolute atomic E-state index is 5.75. The summed E-state index contributed by atoms with van der Waals surface area (Å²) in [5.41, 5.74) is 3.04. The number of nitrogens with zero attached hydrogens (tertiary/aromatic N) is 2. The summed E-state index contributed by atoms with van der Waals surface area (Å²) in [5, 5.41) is 3.32. The molecular weight excluding hydrogens is 202 g/mol. The first kappa shape index (κ1) is 9.66. The summed E-state index contributed by atoms with van der Waals surface area (Å²) in [6.07, 6.45) is 0. The van der Waals surface area contributed by atoms with E-state index in [1.165, 1.54) is 5.56 Å². The Bertz CT molecular complexity index is 500. The van der Waals surface area contributed by atoms with Crippen molar-refractivity contribution >= 4 is 17.1 Å². The number of fused-ring (bicyclic) bond motifs is 1. The largest absolute Gasteiger partial charge is 0.423 e. The van der Waals surface area contributed by atoms with Gasteiger partial charge in [0, 0.05) is 26.2 Å². The first-order valence-electron chi connectivity index (χ1n) is 5.66. The van der Waals surface area contributed by atoms with Gasteiger partial charge >= 0.3 is 0 Å². The Morgan fingerprint density at radius 1 is 1.31 bits per heavy atom. The van der Waals surface area contributed by atoms with Gasteiger partial charge in [0.1, 0.15) is 5.52 Å². The average Bonchev–Trinajstić information content (AvgIpc) is 2.73. The number of hydrogen-bond donors (Lipinski definition) is 1. The SMILES string of the molecule is Cc1ccc2oc(N3CCNCC3)nc2c1. The molecule has 1 aliphatic rings. The third kappa shape index (κ3) is 1.65. The second-order valence-corrected chi connectivity index (χ2v) is 4.20. The van der Waals surface area contributed by atoms with Crippen LogP contribution < -0.4 is 10.2 Å². The van der Waals surface area contributed by atoms with Crippen LogP contribution in [0, 0.1) is 6.92 Å². The van der Waals surface area contributed by atoms with E-state index in [1.807, 2.05) is 6.07 Å². The van der Waals surface area contributed by atoms with E-state index in [-0.39, 0.29) is 0 Å². The van der Waals surface area contributed by atoms with Crippen molar-refractivity contribution in [2.24, 2.45) is 0 Å². The van der Waals surface area contributed by atoms with E-state index < -0.39 is 0 Å². The van der Waals surface area contributed by atoms with Gasteiger partial charge in [0.2, 0.25) is 0 Å². The van der Waals surface area contributed by atoms with Crippen molar-refractivity contribution in [3.05, 3.63) is 23.8 Å². The minimum Gasteiger partial charge on any atom is -0.423 e. The number of nitrogens with one attached hydrogen (secondary N) is 1. The molecule has 3 rings (SSSR count). The molecule has 0 amide bonds. The number of aromatic nitrogens is 1. The van der Waals surface area contributed by atoms with E-state index in [1.54, 1.807) is 0 Å². The highest BCUT2D eigenvalue weighted by Crippen LogP contribution is 2.22. The first-order chi connectivity index (χ1) is 7.83. The summed E-state index contributed by atoms with van der Waals surface area (Å²) >= 11 is 0. The summed E-state index contributed by atoms with van der Waals surface area (Å²) in [6, 6.07) is 6.85. The zero-order valence-electron chi connectivity index (χ0n) is 9.36. The number of aryl methyl sites for hydroxylation is 1. The molecule has 0 unspecified atom stereocenters. The molecule has 1 fully saturated rings. The Morgan fingerprint density at radius 3 is 2.94 bits per heavy atom. The van der Waals surface area contributed by atoms with E-state index in [0.29, 0.717) is 0 Å². The molecule has 1 aliphatic heterocycles. The van der Waals surface area contributed by atoms with Crippen LogP contribution in [0.25, 0.3) is 11.1 Å². The van der Waals surface area contributed by atoms with Crippen LogP contribution in [0.5, 0.6) is 0 Å². The van der Waals surface area contributed by atoms with E-state index >= 15 is 0 Å². The fourth-order valence-electron chi connectivity index (χ4n) is 2.02. The number of hydrogen-bond acceptors (Lipinski definition) is 4. The van der Waals surface area contributed by atoms with Crippen molar-refractivity contribution in [1.82, 2.24) is 10.3 Å². The van der Waals surface area contributed by atoms with Gasteiger partial charge in [-0.2, -0.15) is 4.98 Å². The Morgan fingerprint density at radius 2 is 2.12 bits per heavy atom. The Kier molecular flexibility index (Phi) is 2.29. The van der Waals surface area contributed by atoms with E-state index in [4.69, 9.17) is 4.42 Å². The van der Waals surface area contributed by atoms with Gasteiger partial charge in [0.05, 0.1) is 0 Å². The van der Waals surface area contributed by atoms with Crippen LogP contribution in [0.4, 0.5) is 6.01 Å². The number of rotatable bonds is 1. The summed E-state index contributed by atoms with van der Waals surface area (Å²) in [5.74, 6) is 0. The number of oxazole rings is 1. The highest BCUT2D eigenvalue weighted by Gasteiger charge is 2.16. The van der Waals surface area contributed by atoms with E-state index in [2.05, 4.69) is 34.3 Å². The van der Waals surface area contributed by atoms with Gasteiger partial charge in [0.25, 0.3) is 6.01 Å². The van der Waals surface area contributed by atoms with Crippen molar-refractivity contribution < 1.29 is 4.42 Å². The lowest BCUT2D eigenvalue weighted by atomic mass is 10.2. The van der Waals surface area contributed by atoms with Crippen molar-refractivity contribution in [2.45, 2.75) is 6.92 Å². The minimum atomic E-state index is 0.752. The lowest BCUT2D eigenvalue weighted by molar-refractivity contribution is 0.517. The van der Waals surface area contributed by atoms with Gasteiger partial charge < -0.3 is 14.6 Å². The fourth-order valence-corrected chi connectivity index (χ4v) is 2.02. The molecule has 1 N–H and O–H groups in total. The second-order valence-electron chi connectivity index (χ2n) is 4.20. The molecule has 0 atom stereocenters. The molecule has 84 valence electrons. The molecule has 2 aromatic rings. The van der Waals surface area contributed by atoms with Crippen molar-refractivity contribution in [3.63, 3.8) is 0 Å². The van der Waals surface area contributed by atoms with Crippen LogP contribution in [-0.4, -0.2) is 31.2 Å². The smallest absolute Gasteiger partial charge is 0.298 e. The molecule has 0 spiro atoms. The molecule has 4 nitrogen and oxygen atoms in total. The monoisotopic (exact) mass is 217 g/mol. The highest BCUT2D eigenvalue weighted by atomic mass is 16.4. The molecule has 2 heterocycles. The van der Waals surface area contributed by atoms with Gasteiger partial charge in [0.15, 0.2) is 5.58 Å². The molecule has 0 radical (unpaired) electrons. The van der Waals surface area contributed by atoms with Crippen molar-refractivity contribution in [1.29, 1.82) is 0 Å². The highest BCUT2D eigenvalue weighted by molar-refractivity contribution is 5.75. The lowest BCUT2D eigenvalue weighted by Crippen LogP contribution is -2.43. The summed E-state index contributed by atoms with van der Waals surface area (Å²) < 4.78 is 5.75. The van der Waals surface area contributed by atoms with Gasteiger partial charge in [-0.3, -0.25) is 0 Å². The molecular formula is C12H15N3O.